The van der Waals surface area contributed by atoms with Crippen LogP contribution in [0.25, 0.3) is 0 Å². The molecular formula is C23H27FN2O3S. The van der Waals surface area contributed by atoms with Crippen LogP contribution in [-0.2, 0) is 19.9 Å². The minimum Gasteiger partial charge on any atom is -0.381 e. The third-order valence-corrected chi connectivity index (χ3v) is 6.42. The Morgan fingerprint density at radius 3 is 2.37 bits per heavy atom. The van der Waals surface area contributed by atoms with Gasteiger partial charge in [-0.2, -0.15) is 0 Å². The van der Waals surface area contributed by atoms with Gasteiger partial charge in [0.05, 0.1) is 16.5 Å². The molecule has 3 rings (SSSR count). The van der Waals surface area contributed by atoms with Crippen LogP contribution in [0.4, 0.5) is 10.1 Å². The second-order valence-corrected chi connectivity index (χ2v) is 8.89. The highest BCUT2D eigenvalue weighted by Crippen LogP contribution is 2.33. The van der Waals surface area contributed by atoms with Crippen molar-refractivity contribution in [3.63, 3.8) is 0 Å². The fourth-order valence-electron chi connectivity index (χ4n) is 3.42. The molecule has 1 aliphatic heterocycles. The van der Waals surface area contributed by atoms with Gasteiger partial charge in [0.25, 0.3) is 0 Å². The summed E-state index contributed by atoms with van der Waals surface area (Å²) in [7, 11) is 0. The van der Waals surface area contributed by atoms with Gasteiger partial charge >= 0.3 is 0 Å². The lowest BCUT2D eigenvalue weighted by Crippen LogP contribution is -2.51. The Balaban J connectivity index is 1.57. The number of aryl methyl sites for hydroxylation is 1. The second kappa shape index (κ2) is 10.1. The standard InChI is InChI=1S/C23H27FN2O3S/c1-16-3-9-20(10-4-16)25-21(27)15-30-17(2)22(28)26-23(11-13-29-14-12-23)18-5-7-19(24)8-6-18/h3-10,17H,11-15H2,1-2H3,(H,25,27)(H,26,28). The van der Waals surface area contributed by atoms with Crippen LogP contribution in [0.2, 0.25) is 0 Å². The van der Waals surface area contributed by atoms with Gasteiger partial charge in [-0.25, -0.2) is 4.39 Å². The predicted octanol–water partition coefficient (Wildman–Crippen LogP) is 4.02. The highest BCUT2D eigenvalue weighted by molar-refractivity contribution is 8.01. The van der Waals surface area contributed by atoms with Crippen molar-refractivity contribution >= 4 is 29.3 Å². The van der Waals surface area contributed by atoms with Crippen molar-refractivity contribution in [2.24, 2.45) is 0 Å². The molecule has 0 bridgehead atoms. The molecule has 2 aromatic rings. The summed E-state index contributed by atoms with van der Waals surface area (Å²) in [5, 5.41) is 5.59. The third kappa shape index (κ3) is 5.83. The van der Waals surface area contributed by atoms with E-state index in [0.717, 1.165) is 16.8 Å². The van der Waals surface area contributed by atoms with Crippen LogP contribution in [0.1, 0.15) is 30.9 Å². The number of hydrogen-bond acceptors (Lipinski definition) is 4. The molecule has 30 heavy (non-hydrogen) atoms. The average molecular weight is 431 g/mol. The first-order valence-corrected chi connectivity index (χ1v) is 11.1. The number of nitrogens with one attached hydrogen (secondary N) is 2. The van der Waals surface area contributed by atoms with Crippen LogP contribution in [0.15, 0.2) is 48.5 Å². The zero-order chi connectivity index (χ0) is 21.6. The van der Waals surface area contributed by atoms with Crippen LogP contribution in [0.5, 0.6) is 0 Å². The van der Waals surface area contributed by atoms with Crippen molar-refractivity contribution in [1.82, 2.24) is 5.32 Å². The van der Waals surface area contributed by atoms with Crippen molar-refractivity contribution in [3.8, 4) is 0 Å². The van der Waals surface area contributed by atoms with Crippen molar-refractivity contribution in [2.45, 2.75) is 37.5 Å². The van der Waals surface area contributed by atoms with Gasteiger partial charge in [-0.05, 0) is 56.5 Å². The molecule has 0 spiro atoms. The third-order valence-electron chi connectivity index (χ3n) is 5.27. The highest BCUT2D eigenvalue weighted by atomic mass is 32.2. The van der Waals surface area contributed by atoms with Crippen LogP contribution in [0, 0.1) is 12.7 Å². The van der Waals surface area contributed by atoms with Crippen LogP contribution in [-0.4, -0.2) is 36.0 Å². The van der Waals surface area contributed by atoms with Gasteiger partial charge in [-0.1, -0.05) is 29.8 Å². The van der Waals surface area contributed by atoms with E-state index >= 15 is 0 Å². The highest BCUT2D eigenvalue weighted by Gasteiger charge is 2.37. The molecule has 1 fully saturated rings. The molecule has 1 aliphatic rings. The Bertz CT molecular complexity index is 865. The summed E-state index contributed by atoms with van der Waals surface area (Å²) in [5.74, 6) is -0.428. The molecule has 5 nitrogen and oxygen atoms in total. The van der Waals surface area contributed by atoms with Crippen LogP contribution in [0.3, 0.4) is 0 Å². The molecule has 2 amide bonds. The van der Waals surface area contributed by atoms with E-state index in [4.69, 9.17) is 4.74 Å². The van der Waals surface area contributed by atoms with Gasteiger partial charge < -0.3 is 15.4 Å². The van der Waals surface area contributed by atoms with E-state index in [1.807, 2.05) is 31.2 Å². The summed E-state index contributed by atoms with van der Waals surface area (Å²) in [6.45, 7) is 4.83. The Morgan fingerprint density at radius 1 is 1.10 bits per heavy atom. The number of anilines is 1. The van der Waals surface area contributed by atoms with Gasteiger partial charge in [0.2, 0.25) is 11.8 Å². The second-order valence-electron chi connectivity index (χ2n) is 7.56. The normalized spacial score (nSPS) is 16.5. The van der Waals surface area contributed by atoms with Crippen LogP contribution >= 0.6 is 11.8 Å². The molecule has 160 valence electrons. The minimum atomic E-state index is -0.581. The lowest BCUT2D eigenvalue weighted by molar-refractivity contribution is -0.123. The molecule has 0 radical (unpaired) electrons. The molecular weight excluding hydrogens is 403 g/mol. The van der Waals surface area contributed by atoms with Gasteiger partial charge in [0.15, 0.2) is 0 Å². The summed E-state index contributed by atoms with van der Waals surface area (Å²) >= 11 is 1.28. The number of carbonyl (C=O) groups is 2. The molecule has 0 saturated carbocycles. The molecule has 2 aromatic carbocycles. The number of benzene rings is 2. The van der Waals surface area contributed by atoms with E-state index in [-0.39, 0.29) is 23.4 Å². The Labute approximate surface area is 180 Å². The Morgan fingerprint density at radius 2 is 1.73 bits per heavy atom. The number of hydrogen-bond donors (Lipinski definition) is 2. The van der Waals surface area contributed by atoms with Gasteiger partial charge in [-0.15, -0.1) is 11.8 Å². The number of ether oxygens (including phenoxy) is 1. The van der Waals surface area contributed by atoms with Gasteiger partial charge in [-0.3, -0.25) is 9.59 Å². The molecule has 7 heteroatoms. The number of halogens is 1. The molecule has 0 aromatic heterocycles. The van der Waals surface area contributed by atoms with Crippen molar-refractivity contribution < 1.29 is 18.7 Å². The lowest BCUT2D eigenvalue weighted by atomic mass is 9.82. The molecule has 0 aliphatic carbocycles. The predicted molar refractivity (Wildman–Crippen MR) is 118 cm³/mol. The maximum Gasteiger partial charge on any atom is 0.234 e. The summed E-state index contributed by atoms with van der Waals surface area (Å²) < 4.78 is 18.8. The zero-order valence-corrected chi connectivity index (χ0v) is 18.1. The molecule has 1 saturated heterocycles. The van der Waals surface area contributed by atoms with Gasteiger partial charge in [0, 0.05) is 18.9 Å². The minimum absolute atomic E-state index is 0.144. The first-order valence-electron chi connectivity index (χ1n) is 10.0. The SMILES string of the molecule is Cc1ccc(NC(=O)CSC(C)C(=O)NC2(c3ccc(F)cc3)CCOCC2)cc1. The fourth-order valence-corrected chi connectivity index (χ4v) is 4.11. The van der Waals surface area contributed by atoms with E-state index in [9.17, 15) is 14.0 Å². The van der Waals surface area contributed by atoms with Crippen LogP contribution < -0.4 is 10.6 Å². The number of carbonyl (C=O) groups excluding carboxylic acids is 2. The number of amides is 2. The van der Waals surface area contributed by atoms with Gasteiger partial charge in [0.1, 0.15) is 5.82 Å². The summed E-state index contributed by atoms with van der Waals surface area (Å²) in [6.07, 6.45) is 1.24. The van der Waals surface area contributed by atoms with E-state index < -0.39 is 10.8 Å². The summed E-state index contributed by atoms with van der Waals surface area (Å²) in [4.78, 5) is 25.1. The van der Waals surface area contributed by atoms with E-state index in [1.165, 1.54) is 23.9 Å². The average Bonchev–Trinajstić information content (AvgIpc) is 2.74. The molecule has 1 unspecified atom stereocenters. The smallest absolute Gasteiger partial charge is 0.234 e. The largest absolute Gasteiger partial charge is 0.381 e. The van der Waals surface area contributed by atoms with E-state index in [0.29, 0.717) is 26.1 Å². The number of rotatable bonds is 7. The topological polar surface area (TPSA) is 67.4 Å². The quantitative estimate of drug-likeness (QED) is 0.696. The Kier molecular flexibility index (Phi) is 7.50. The molecule has 1 atom stereocenters. The first-order chi connectivity index (χ1) is 14.4. The van der Waals surface area contributed by atoms with E-state index in [1.54, 1.807) is 19.1 Å². The molecule has 1 heterocycles. The zero-order valence-electron chi connectivity index (χ0n) is 17.2. The summed E-state index contributed by atoms with van der Waals surface area (Å²) in [5.41, 5.74) is 2.15. The number of thioether (sulfide) groups is 1. The monoisotopic (exact) mass is 430 g/mol. The fraction of sp³-hybridized carbons (Fsp3) is 0.391. The van der Waals surface area contributed by atoms with Crippen molar-refractivity contribution in [1.29, 1.82) is 0 Å². The maximum absolute atomic E-state index is 13.4. The first kappa shape index (κ1) is 22.3. The van der Waals surface area contributed by atoms with Crippen molar-refractivity contribution in [2.75, 3.05) is 24.3 Å². The summed E-state index contributed by atoms with van der Waals surface area (Å²) in [6, 6.07) is 13.8. The Hall–Kier alpha value is -2.38. The lowest BCUT2D eigenvalue weighted by Gasteiger charge is -2.39. The van der Waals surface area contributed by atoms with E-state index in [2.05, 4.69) is 10.6 Å². The molecule has 2 N–H and O–H groups in total. The van der Waals surface area contributed by atoms with Crippen molar-refractivity contribution in [3.05, 3.63) is 65.5 Å². The maximum atomic E-state index is 13.4.